The van der Waals surface area contributed by atoms with E-state index in [4.69, 9.17) is 16.0 Å². The molecule has 1 fully saturated rings. The lowest BCUT2D eigenvalue weighted by molar-refractivity contribution is 0.277. The summed E-state index contributed by atoms with van der Waals surface area (Å²) in [5, 5.41) is 3.37. The highest BCUT2D eigenvalue weighted by molar-refractivity contribution is 6.05. The molecule has 1 aliphatic heterocycles. The van der Waals surface area contributed by atoms with Gasteiger partial charge < -0.3 is 19.8 Å². The Labute approximate surface area is 95.8 Å². The first-order chi connectivity index (χ1) is 7.18. The van der Waals surface area contributed by atoms with Crippen molar-refractivity contribution < 1.29 is 0 Å². The average Bonchev–Trinajstić information content (AvgIpc) is 2.21. The van der Waals surface area contributed by atoms with E-state index in [0.717, 1.165) is 52.4 Å². The molecule has 4 radical (unpaired) electrons. The summed E-state index contributed by atoms with van der Waals surface area (Å²) in [7, 11) is 13.8. The number of likely N-dealkylation sites (N-methyl/N-ethyl adjacent to an activating group) is 1. The van der Waals surface area contributed by atoms with Crippen molar-refractivity contribution in [3.63, 3.8) is 0 Å². The minimum absolute atomic E-state index is 0.821. The van der Waals surface area contributed by atoms with Crippen molar-refractivity contribution in [1.82, 2.24) is 19.8 Å². The maximum atomic E-state index is 5.85. The van der Waals surface area contributed by atoms with E-state index >= 15 is 0 Å². The van der Waals surface area contributed by atoms with Gasteiger partial charge in [0.05, 0.1) is 0 Å². The van der Waals surface area contributed by atoms with Gasteiger partial charge in [0.1, 0.15) is 0 Å². The molecular formula is C9H20B2N4. The summed E-state index contributed by atoms with van der Waals surface area (Å²) < 4.78 is 0. The van der Waals surface area contributed by atoms with Crippen molar-refractivity contribution in [2.75, 3.05) is 59.4 Å². The van der Waals surface area contributed by atoms with Crippen LogP contribution in [0.2, 0.25) is 0 Å². The fourth-order valence-corrected chi connectivity index (χ4v) is 1.51. The van der Waals surface area contributed by atoms with Crippen molar-refractivity contribution >= 4 is 16.0 Å². The second-order valence-electron chi connectivity index (χ2n) is 4.13. The molecular weight excluding hydrogens is 186 g/mol. The molecule has 15 heavy (non-hydrogen) atoms. The quantitative estimate of drug-likeness (QED) is 0.476. The molecule has 0 aromatic heterocycles. The first kappa shape index (κ1) is 13.0. The van der Waals surface area contributed by atoms with E-state index in [9.17, 15) is 0 Å². The predicted octanol–water partition coefficient (Wildman–Crippen LogP) is -1.71. The van der Waals surface area contributed by atoms with Gasteiger partial charge in [-0.05, 0) is 33.2 Å². The molecule has 0 aromatic rings. The Kier molecular flexibility index (Phi) is 6.32. The Hall–Kier alpha value is -0.0301. The Morgan fingerprint density at radius 3 is 2.07 bits per heavy atom. The summed E-state index contributed by atoms with van der Waals surface area (Å²) in [6.07, 6.45) is 0. The topological polar surface area (TPSA) is 21.8 Å². The van der Waals surface area contributed by atoms with Gasteiger partial charge in [0.25, 0.3) is 0 Å². The van der Waals surface area contributed by atoms with Gasteiger partial charge in [0, 0.05) is 26.2 Å². The van der Waals surface area contributed by atoms with E-state index in [2.05, 4.69) is 17.3 Å². The number of nitrogens with one attached hydrogen (secondary N) is 1. The monoisotopic (exact) mass is 206 g/mol. The highest BCUT2D eigenvalue weighted by Gasteiger charge is 2.05. The standard InChI is InChI=1S/C9H20B2N4/c1-13-4-2-12-3-5-14(10)8-9-15(11)7-6-13/h12H,2-9H2,1H3. The van der Waals surface area contributed by atoms with Crippen LogP contribution >= 0.6 is 0 Å². The summed E-state index contributed by atoms with van der Waals surface area (Å²) in [4.78, 5) is 5.94. The van der Waals surface area contributed by atoms with E-state index in [1.807, 2.05) is 9.62 Å². The second-order valence-corrected chi connectivity index (χ2v) is 4.13. The van der Waals surface area contributed by atoms with Crippen LogP contribution in [-0.2, 0) is 0 Å². The van der Waals surface area contributed by atoms with Crippen molar-refractivity contribution in [3.05, 3.63) is 0 Å². The van der Waals surface area contributed by atoms with Gasteiger partial charge in [0.15, 0.2) is 16.0 Å². The molecule has 1 aliphatic rings. The molecule has 1 rings (SSSR count). The molecule has 0 saturated carbocycles. The Bertz CT molecular complexity index is 154. The van der Waals surface area contributed by atoms with E-state index in [1.54, 1.807) is 0 Å². The molecule has 0 spiro atoms. The molecule has 0 atom stereocenters. The van der Waals surface area contributed by atoms with Gasteiger partial charge in [0.2, 0.25) is 0 Å². The summed E-state index contributed by atoms with van der Waals surface area (Å²) in [6, 6.07) is 0. The van der Waals surface area contributed by atoms with Gasteiger partial charge in [-0.15, -0.1) is 0 Å². The van der Waals surface area contributed by atoms with Crippen molar-refractivity contribution in [3.8, 4) is 0 Å². The number of hydrogen-bond acceptors (Lipinski definition) is 4. The summed E-state index contributed by atoms with van der Waals surface area (Å²) in [6.45, 7) is 7.42. The third kappa shape index (κ3) is 6.20. The highest BCUT2D eigenvalue weighted by atomic mass is 15.2. The SMILES string of the molecule is [B]N1CCNCCN(C)CCN([B])CC1. The van der Waals surface area contributed by atoms with Gasteiger partial charge in [-0.2, -0.15) is 0 Å². The fraction of sp³-hybridized carbons (Fsp3) is 1.00. The van der Waals surface area contributed by atoms with E-state index in [1.165, 1.54) is 0 Å². The Morgan fingerprint density at radius 1 is 0.800 bits per heavy atom. The molecule has 1 heterocycles. The van der Waals surface area contributed by atoms with Crippen LogP contribution in [0.15, 0.2) is 0 Å². The molecule has 0 unspecified atom stereocenters. The zero-order chi connectivity index (χ0) is 11.1. The molecule has 82 valence electrons. The maximum absolute atomic E-state index is 5.85. The fourth-order valence-electron chi connectivity index (χ4n) is 1.51. The van der Waals surface area contributed by atoms with Gasteiger partial charge in [-0.25, -0.2) is 0 Å². The van der Waals surface area contributed by atoms with Crippen LogP contribution in [0, 0.1) is 0 Å². The number of rotatable bonds is 0. The van der Waals surface area contributed by atoms with Crippen LogP contribution in [0.4, 0.5) is 0 Å². The van der Waals surface area contributed by atoms with Gasteiger partial charge >= 0.3 is 0 Å². The smallest absolute Gasteiger partial charge is 0.182 e. The first-order valence-corrected chi connectivity index (χ1v) is 5.57. The van der Waals surface area contributed by atoms with Crippen LogP contribution in [0.3, 0.4) is 0 Å². The lowest BCUT2D eigenvalue weighted by Gasteiger charge is -2.26. The molecule has 0 aliphatic carbocycles. The van der Waals surface area contributed by atoms with Crippen LogP contribution in [0.25, 0.3) is 0 Å². The third-order valence-corrected chi connectivity index (χ3v) is 2.69. The minimum atomic E-state index is 0.821. The predicted molar refractivity (Wildman–Crippen MR) is 65.0 cm³/mol. The van der Waals surface area contributed by atoms with Crippen molar-refractivity contribution in [2.45, 2.75) is 0 Å². The van der Waals surface area contributed by atoms with E-state index in [-0.39, 0.29) is 0 Å². The largest absolute Gasteiger partial charge is 0.351 e. The summed E-state index contributed by atoms with van der Waals surface area (Å²) in [5.74, 6) is 0. The summed E-state index contributed by atoms with van der Waals surface area (Å²) in [5.41, 5.74) is 0. The molecule has 0 aromatic carbocycles. The molecule has 6 heteroatoms. The normalized spacial score (nSPS) is 25.7. The second kappa shape index (κ2) is 7.28. The maximum Gasteiger partial charge on any atom is 0.182 e. The van der Waals surface area contributed by atoms with Crippen molar-refractivity contribution in [1.29, 1.82) is 0 Å². The van der Waals surface area contributed by atoms with Crippen LogP contribution in [0.5, 0.6) is 0 Å². The molecule has 4 nitrogen and oxygen atoms in total. The lowest BCUT2D eigenvalue weighted by atomic mass is 10.2. The van der Waals surface area contributed by atoms with Crippen LogP contribution < -0.4 is 5.32 Å². The highest BCUT2D eigenvalue weighted by Crippen LogP contribution is 1.89. The first-order valence-electron chi connectivity index (χ1n) is 5.57. The van der Waals surface area contributed by atoms with Crippen LogP contribution in [-0.4, -0.2) is 89.9 Å². The van der Waals surface area contributed by atoms with E-state index in [0.29, 0.717) is 0 Å². The number of nitrogens with zero attached hydrogens (tertiary/aromatic N) is 3. The van der Waals surface area contributed by atoms with Crippen LogP contribution in [0.1, 0.15) is 0 Å². The van der Waals surface area contributed by atoms with Crippen molar-refractivity contribution in [2.24, 2.45) is 0 Å². The third-order valence-electron chi connectivity index (χ3n) is 2.69. The zero-order valence-corrected chi connectivity index (χ0v) is 9.65. The average molecular weight is 206 g/mol. The molecule has 0 bridgehead atoms. The number of hydrogen-bond donors (Lipinski definition) is 1. The molecule has 1 N–H and O–H groups in total. The van der Waals surface area contributed by atoms with Gasteiger partial charge in [-0.3, -0.25) is 0 Å². The lowest BCUT2D eigenvalue weighted by Crippen LogP contribution is -2.42. The molecule has 1 saturated heterocycles. The Balaban J connectivity index is 2.30. The minimum Gasteiger partial charge on any atom is -0.351 e. The van der Waals surface area contributed by atoms with E-state index < -0.39 is 0 Å². The van der Waals surface area contributed by atoms with Gasteiger partial charge in [-0.1, -0.05) is 0 Å². The Morgan fingerprint density at radius 2 is 1.33 bits per heavy atom. The zero-order valence-electron chi connectivity index (χ0n) is 9.65. The molecule has 0 amide bonds. The summed E-state index contributed by atoms with van der Waals surface area (Å²) >= 11 is 0.